The number of hydrogen-bond acceptors (Lipinski definition) is 3. The van der Waals surface area contributed by atoms with E-state index in [-0.39, 0.29) is 5.92 Å². The third kappa shape index (κ3) is 1.90. The summed E-state index contributed by atoms with van der Waals surface area (Å²) in [5.41, 5.74) is 1.24. The summed E-state index contributed by atoms with van der Waals surface area (Å²) >= 11 is 0. The van der Waals surface area contributed by atoms with Crippen LogP contribution in [-0.2, 0) is 12.8 Å². The number of benzene rings is 1. The molecule has 1 aromatic carbocycles. The van der Waals surface area contributed by atoms with Crippen molar-refractivity contribution >= 4 is 0 Å². The molecule has 0 amide bonds. The third-order valence-electron chi connectivity index (χ3n) is 3.13. The number of aryl methyl sites for hydroxylation is 1. The van der Waals surface area contributed by atoms with Crippen molar-refractivity contribution in [2.24, 2.45) is 0 Å². The van der Waals surface area contributed by atoms with Gasteiger partial charge in [-0.05, 0) is 18.1 Å². The molecule has 1 aromatic heterocycles. The first kappa shape index (κ1) is 10.3. The molecule has 0 radical (unpaired) electrons. The van der Waals surface area contributed by atoms with Gasteiger partial charge in [0.1, 0.15) is 11.6 Å². The standard InChI is InChI=1S/C13H15N3O/c1-2-12-14-13(16-15-12)10-7-9-5-3-4-6-11(9)17-8-10/h3-6,10H,2,7-8H2,1H3,(H,14,15,16). The van der Waals surface area contributed by atoms with Crippen LogP contribution in [0, 0.1) is 0 Å². The van der Waals surface area contributed by atoms with Crippen molar-refractivity contribution in [3.63, 3.8) is 0 Å². The molecule has 2 aromatic rings. The van der Waals surface area contributed by atoms with Crippen LogP contribution in [0.1, 0.15) is 30.1 Å². The Kier molecular flexibility index (Phi) is 2.55. The smallest absolute Gasteiger partial charge is 0.157 e. The predicted octanol–water partition coefficient (Wildman–Crippen LogP) is 2.09. The number of nitrogens with one attached hydrogen (secondary N) is 1. The Morgan fingerprint density at radius 2 is 2.29 bits per heavy atom. The zero-order valence-corrected chi connectivity index (χ0v) is 9.81. The fourth-order valence-corrected chi connectivity index (χ4v) is 2.14. The lowest BCUT2D eigenvalue weighted by molar-refractivity contribution is 0.258. The molecule has 4 heteroatoms. The van der Waals surface area contributed by atoms with E-state index in [1.165, 1.54) is 5.56 Å². The van der Waals surface area contributed by atoms with Crippen molar-refractivity contribution in [1.82, 2.24) is 15.2 Å². The molecule has 1 aliphatic rings. The quantitative estimate of drug-likeness (QED) is 0.857. The Hall–Kier alpha value is -1.84. The highest BCUT2D eigenvalue weighted by Gasteiger charge is 2.24. The normalized spacial score (nSPS) is 18.5. The summed E-state index contributed by atoms with van der Waals surface area (Å²) in [6.45, 7) is 2.73. The Morgan fingerprint density at radius 1 is 1.41 bits per heavy atom. The molecular formula is C13H15N3O. The molecule has 0 saturated carbocycles. The highest BCUT2D eigenvalue weighted by Crippen LogP contribution is 2.30. The summed E-state index contributed by atoms with van der Waals surface area (Å²) in [5, 5.41) is 7.23. The first-order valence-corrected chi connectivity index (χ1v) is 5.98. The molecule has 0 saturated heterocycles. The second-order valence-corrected chi connectivity index (χ2v) is 4.31. The average Bonchev–Trinajstić information content (AvgIpc) is 2.87. The minimum absolute atomic E-state index is 0.265. The summed E-state index contributed by atoms with van der Waals surface area (Å²) in [7, 11) is 0. The zero-order chi connectivity index (χ0) is 11.7. The maximum Gasteiger partial charge on any atom is 0.157 e. The van der Waals surface area contributed by atoms with E-state index < -0.39 is 0 Å². The first-order chi connectivity index (χ1) is 8.36. The van der Waals surface area contributed by atoms with Gasteiger partial charge in [0.15, 0.2) is 5.82 Å². The molecule has 4 nitrogen and oxygen atoms in total. The number of rotatable bonds is 2. The van der Waals surface area contributed by atoms with Crippen LogP contribution in [0.3, 0.4) is 0 Å². The SMILES string of the molecule is CCc1nc(C2COc3ccccc3C2)n[nH]1. The Balaban J connectivity index is 1.84. The highest BCUT2D eigenvalue weighted by molar-refractivity contribution is 5.36. The molecule has 3 rings (SSSR count). The van der Waals surface area contributed by atoms with Gasteiger partial charge < -0.3 is 4.74 Å². The second-order valence-electron chi connectivity index (χ2n) is 4.31. The van der Waals surface area contributed by atoms with Crippen LogP contribution in [0.25, 0.3) is 0 Å². The van der Waals surface area contributed by atoms with Crippen molar-refractivity contribution < 1.29 is 4.74 Å². The lowest BCUT2D eigenvalue weighted by atomic mass is 9.96. The number of aromatic nitrogens is 3. The van der Waals surface area contributed by atoms with Crippen LogP contribution in [0.2, 0.25) is 0 Å². The molecule has 17 heavy (non-hydrogen) atoms. The van der Waals surface area contributed by atoms with E-state index in [9.17, 15) is 0 Å². The summed E-state index contributed by atoms with van der Waals surface area (Å²) in [6, 6.07) is 8.16. The highest BCUT2D eigenvalue weighted by atomic mass is 16.5. The van der Waals surface area contributed by atoms with E-state index in [1.54, 1.807) is 0 Å². The number of hydrogen-bond donors (Lipinski definition) is 1. The van der Waals surface area contributed by atoms with E-state index in [0.717, 1.165) is 30.2 Å². The Morgan fingerprint density at radius 3 is 3.12 bits per heavy atom. The molecule has 2 heterocycles. The maximum absolute atomic E-state index is 5.74. The summed E-state index contributed by atoms with van der Waals surface area (Å²) in [6.07, 6.45) is 1.84. The van der Waals surface area contributed by atoms with Gasteiger partial charge in [-0.25, -0.2) is 4.98 Å². The molecule has 1 unspecified atom stereocenters. The minimum atomic E-state index is 0.265. The van der Waals surface area contributed by atoms with Crippen molar-refractivity contribution in [2.75, 3.05) is 6.61 Å². The van der Waals surface area contributed by atoms with Gasteiger partial charge in [-0.1, -0.05) is 25.1 Å². The average molecular weight is 229 g/mol. The fourth-order valence-electron chi connectivity index (χ4n) is 2.14. The number of para-hydroxylation sites is 1. The molecule has 0 fully saturated rings. The third-order valence-corrected chi connectivity index (χ3v) is 3.13. The van der Waals surface area contributed by atoms with Crippen molar-refractivity contribution in [3.05, 3.63) is 41.5 Å². The number of aromatic amines is 1. The summed E-state index contributed by atoms with van der Waals surface area (Å²) in [5.74, 6) is 3.08. The van der Waals surface area contributed by atoms with Gasteiger partial charge in [-0.3, -0.25) is 5.10 Å². The number of ether oxygens (including phenoxy) is 1. The van der Waals surface area contributed by atoms with Crippen LogP contribution in [0.4, 0.5) is 0 Å². The second kappa shape index (κ2) is 4.20. The largest absolute Gasteiger partial charge is 0.493 e. The van der Waals surface area contributed by atoms with E-state index >= 15 is 0 Å². The van der Waals surface area contributed by atoms with Crippen LogP contribution in [0.5, 0.6) is 5.75 Å². The number of fused-ring (bicyclic) bond motifs is 1. The van der Waals surface area contributed by atoms with E-state index in [1.807, 2.05) is 18.2 Å². The zero-order valence-electron chi connectivity index (χ0n) is 9.81. The van der Waals surface area contributed by atoms with Gasteiger partial charge in [0.2, 0.25) is 0 Å². The maximum atomic E-state index is 5.74. The van der Waals surface area contributed by atoms with Crippen LogP contribution >= 0.6 is 0 Å². The Labute approximate surface area is 100 Å². The van der Waals surface area contributed by atoms with Crippen molar-refractivity contribution in [3.8, 4) is 5.75 Å². The van der Waals surface area contributed by atoms with Crippen LogP contribution in [0.15, 0.2) is 24.3 Å². The van der Waals surface area contributed by atoms with Gasteiger partial charge in [0.25, 0.3) is 0 Å². The lowest BCUT2D eigenvalue weighted by Crippen LogP contribution is -2.20. The Bertz CT molecular complexity index is 521. The van der Waals surface area contributed by atoms with E-state index in [4.69, 9.17) is 4.74 Å². The van der Waals surface area contributed by atoms with Gasteiger partial charge in [-0.2, -0.15) is 5.10 Å². The van der Waals surface area contributed by atoms with Crippen LogP contribution in [-0.4, -0.2) is 21.8 Å². The molecule has 88 valence electrons. The van der Waals surface area contributed by atoms with E-state index in [0.29, 0.717) is 6.61 Å². The summed E-state index contributed by atoms with van der Waals surface area (Å²) < 4.78 is 5.74. The molecule has 1 N–H and O–H groups in total. The molecule has 1 atom stereocenters. The fraction of sp³-hybridized carbons (Fsp3) is 0.385. The minimum Gasteiger partial charge on any atom is -0.493 e. The molecule has 0 spiro atoms. The molecule has 1 aliphatic heterocycles. The van der Waals surface area contributed by atoms with Gasteiger partial charge in [-0.15, -0.1) is 0 Å². The van der Waals surface area contributed by atoms with Crippen molar-refractivity contribution in [2.45, 2.75) is 25.7 Å². The van der Waals surface area contributed by atoms with Crippen molar-refractivity contribution in [1.29, 1.82) is 0 Å². The van der Waals surface area contributed by atoms with Gasteiger partial charge in [0, 0.05) is 6.42 Å². The van der Waals surface area contributed by atoms with E-state index in [2.05, 4.69) is 28.2 Å². The first-order valence-electron chi connectivity index (χ1n) is 5.98. The monoisotopic (exact) mass is 229 g/mol. The topological polar surface area (TPSA) is 50.8 Å². The lowest BCUT2D eigenvalue weighted by Gasteiger charge is -2.23. The molecule has 0 bridgehead atoms. The van der Waals surface area contributed by atoms with Gasteiger partial charge >= 0.3 is 0 Å². The van der Waals surface area contributed by atoms with Crippen LogP contribution < -0.4 is 4.74 Å². The van der Waals surface area contributed by atoms with Gasteiger partial charge in [0.05, 0.1) is 12.5 Å². The predicted molar refractivity (Wildman–Crippen MR) is 64.1 cm³/mol. The number of nitrogens with zero attached hydrogens (tertiary/aromatic N) is 2. The molecular weight excluding hydrogens is 214 g/mol. The number of H-pyrrole nitrogens is 1. The summed E-state index contributed by atoms with van der Waals surface area (Å²) in [4.78, 5) is 4.48. The molecule has 0 aliphatic carbocycles.